The Bertz CT molecular complexity index is 296. The lowest BCUT2D eigenvalue weighted by molar-refractivity contribution is 0.0766. The van der Waals surface area contributed by atoms with Gasteiger partial charge in [0.2, 0.25) is 0 Å². The van der Waals surface area contributed by atoms with Crippen LogP contribution in [0.4, 0.5) is 0 Å². The standard InChI is InChI=1S/C21H40/c1-13-8-20(9-14(2)18(13)6)10-17(5)21-11-15(3)19(7)16(4)12-21/h13-21H,8-12H2,1-7H3. The van der Waals surface area contributed by atoms with Crippen molar-refractivity contribution in [2.45, 2.75) is 80.6 Å². The molecule has 2 aliphatic carbocycles. The molecule has 2 aliphatic rings. The second kappa shape index (κ2) is 7.05. The molecule has 0 aromatic heterocycles. The number of hydrogen-bond acceptors (Lipinski definition) is 0. The normalized spacial score (nSPS) is 49.9. The Morgan fingerprint density at radius 3 is 1.48 bits per heavy atom. The van der Waals surface area contributed by atoms with Crippen LogP contribution < -0.4 is 0 Å². The summed E-state index contributed by atoms with van der Waals surface area (Å²) < 4.78 is 0. The molecule has 0 aliphatic heterocycles. The molecule has 0 amide bonds. The van der Waals surface area contributed by atoms with Gasteiger partial charge in [-0.2, -0.15) is 0 Å². The van der Waals surface area contributed by atoms with Crippen LogP contribution in [-0.4, -0.2) is 0 Å². The minimum absolute atomic E-state index is 0.934. The summed E-state index contributed by atoms with van der Waals surface area (Å²) in [5.74, 6) is 8.57. The molecule has 21 heavy (non-hydrogen) atoms. The summed E-state index contributed by atoms with van der Waals surface area (Å²) in [6.07, 6.45) is 7.45. The molecule has 0 spiro atoms. The van der Waals surface area contributed by atoms with E-state index in [9.17, 15) is 0 Å². The third-order valence-corrected chi connectivity index (χ3v) is 7.86. The molecule has 0 N–H and O–H groups in total. The van der Waals surface area contributed by atoms with E-state index in [1.165, 1.54) is 32.1 Å². The maximum absolute atomic E-state index is 2.56. The third kappa shape index (κ3) is 4.05. The molecule has 0 aromatic carbocycles. The second-order valence-electron chi connectivity index (χ2n) is 9.41. The SMILES string of the molecule is CC(CC1CC(C)C(C)C(C)C1)C1CC(C)C(C)C(C)C1. The van der Waals surface area contributed by atoms with Gasteiger partial charge in [0.25, 0.3) is 0 Å². The first-order valence-corrected chi connectivity index (χ1v) is 9.79. The fraction of sp³-hybridized carbons (Fsp3) is 1.00. The van der Waals surface area contributed by atoms with Gasteiger partial charge in [-0.15, -0.1) is 0 Å². The van der Waals surface area contributed by atoms with Crippen molar-refractivity contribution in [1.82, 2.24) is 0 Å². The van der Waals surface area contributed by atoms with E-state index < -0.39 is 0 Å². The highest BCUT2D eigenvalue weighted by Crippen LogP contribution is 2.45. The molecule has 124 valence electrons. The second-order valence-corrected chi connectivity index (χ2v) is 9.41. The predicted octanol–water partition coefficient (Wildman–Crippen LogP) is 6.65. The molecule has 0 radical (unpaired) electrons. The van der Waals surface area contributed by atoms with Crippen LogP contribution >= 0.6 is 0 Å². The first-order valence-electron chi connectivity index (χ1n) is 9.79. The van der Waals surface area contributed by atoms with E-state index in [2.05, 4.69) is 48.5 Å². The van der Waals surface area contributed by atoms with Crippen molar-refractivity contribution >= 4 is 0 Å². The Balaban J connectivity index is 1.88. The largest absolute Gasteiger partial charge is 0.0622 e. The summed E-state index contributed by atoms with van der Waals surface area (Å²) in [5.41, 5.74) is 0. The Kier molecular flexibility index (Phi) is 5.83. The molecule has 0 heterocycles. The Hall–Kier alpha value is 0. The van der Waals surface area contributed by atoms with Gasteiger partial charge >= 0.3 is 0 Å². The van der Waals surface area contributed by atoms with Gasteiger partial charge in [-0.05, 0) is 85.4 Å². The summed E-state index contributed by atoms with van der Waals surface area (Å²) in [5, 5.41) is 0. The maximum Gasteiger partial charge on any atom is -0.0383 e. The summed E-state index contributed by atoms with van der Waals surface area (Å²) >= 11 is 0. The van der Waals surface area contributed by atoms with Gasteiger partial charge in [0.1, 0.15) is 0 Å². The molecule has 0 bridgehead atoms. The first kappa shape index (κ1) is 17.4. The summed E-state index contributed by atoms with van der Waals surface area (Å²) in [7, 11) is 0. The van der Waals surface area contributed by atoms with Crippen molar-refractivity contribution in [3.05, 3.63) is 0 Å². The topological polar surface area (TPSA) is 0 Å². The molecule has 2 rings (SSSR count). The Morgan fingerprint density at radius 2 is 1.05 bits per heavy atom. The molecule has 0 nitrogen and oxygen atoms in total. The molecule has 2 fully saturated rings. The van der Waals surface area contributed by atoms with Gasteiger partial charge < -0.3 is 0 Å². The first-order chi connectivity index (χ1) is 9.79. The lowest BCUT2D eigenvalue weighted by Gasteiger charge is -2.42. The third-order valence-electron chi connectivity index (χ3n) is 7.86. The van der Waals surface area contributed by atoms with Crippen molar-refractivity contribution in [2.24, 2.45) is 53.3 Å². The zero-order chi connectivity index (χ0) is 15.7. The summed E-state index contributed by atoms with van der Waals surface area (Å²) in [6.45, 7) is 17.5. The predicted molar refractivity (Wildman–Crippen MR) is 94.2 cm³/mol. The van der Waals surface area contributed by atoms with Crippen molar-refractivity contribution in [3.8, 4) is 0 Å². The molecule has 0 aromatic rings. The van der Waals surface area contributed by atoms with Crippen molar-refractivity contribution in [3.63, 3.8) is 0 Å². The fourth-order valence-corrected chi connectivity index (χ4v) is 5.55. The van der Waals surface area contributed by atoms with Crippen LogP contribution in [0.15, 0.2) is 0 Å². The van der Waals surface area contributed by atoms with Gasteiger partial charge in [-0.25, -0.2) is 0 Å². The zero-order valence-corrected chi connectivity index (χ0v) is 15.7. The Morgan fingerprint density at radius 1 is 0.667 bits per heavy atom. The van der Waals surface area contributed by atoms with Crippen LogP contribution in [0.2, 0.25) is 0 Å². The molecular weight excluding hydrogens is 252 g/mol. The van der Waals surface area contributed by atoms with Crippen LogP contribution in [0.25, 0.3) is 0 Å². The van der Waals surface area contributed by atoms with E-state index in [4.69, 9.17) is 0 Å². The van der Waals surface area contributed by atoms with Crippen molar-refractivity contribution < 1.29 is 0 Å². The highest BCUT2D eigenvalue weighted by atomic mass is 14.4. The van der Waals surface area contributed by atoms with E-state index in [0.717, 1.165) is 53.3 Å². The van der Waals surface area contributed by atoms with Crippen LogP contribution in [0.1, 0.15) is 80.6 Å². The molecule has 0 heteroatoms. The van der Waals surface area contributed by atoms with Gasteiger partial charge in [0.15, 0.2) is 0 Å². The minimum Gasteiger partial charge on any atom is -0.0622 e. The Labute approximate surface area is 134 Å². The van der Waals surface area contributed by atoms with Crippen LogP contribution in [0, 0.1) is 53.3 Å². The van der Waals surface area contributed by atoms with Gasteiger partial charge in [0.05, 0.1) is 0 Å². The summed E-state index contributed by atoms with van der Waals surface area (Å²) in [4.78, 5) is 0. The average Bonchev–Trinajstić information content (AvgIpc) is 2.41. The molecular formula is C21H40. The van der Waals surface area contributed by atoms with Crippen LogP contribution in [-0.2, 0) is 0 Å². The van der Waals surface area contributed by atoms with Crippen LogP contribution in [0.5, 0.6) is 0 Å². The lowest BCUT2D eigenvalue weighted by atomic mass is 9.63. The molecule has 0 saturated heterocycles. The lowest BCUT2D eigenvalue weighted by Crippen LogP contribution is -2.33. The van der Waals surface area contributed by atoms with E-state index in [-0.39, 0.29) is 0 Å². The van der Waals surface area contributed by atoms with E-state index in [1.807, 2.05) is 0 Å². The summed E-state index contributed by atoms with van der Waals surface area (Å²) in [6, 6.07) is 0. The highest BCUT2D eigenvalue weighted by Gasteiger charge is 2.35. The quantitative estimate of drug-likeness (QED) is 0.546. The van der Waals surface area contributed by atoms with Crippen molar-refractivity contribution in [1.29, 1.82) is 0 Å². The van der Waals surface area contributed by atoms with E-state index in [1.54, 1.807) is 0 Å². The average molecular weight is 293 g/mol. The number of rotatable bonds is 3. The monoisotopic (exact) mass is 292 g/mol. The van der Waals surface area contributed by atoms with Crippen LogP contribution in [0.3, 0.4) is 0 Å². The molecule has 5 atom stereocenters. The van der Waals surface area contributed by atoms with E-state index >= 15 is 0 Å². The van der Waals surface area contributed by atoms with Gasteiger partial charge in [-0.1, -0.05) is 48.5 Å². The smallest absolute Gasteiger partial charge is 0.0383 e. The van der Waals surface area contributed by atoms with Gasteiger partial charge in [-0.3, -0.25) is 0 Å². The van der Waals surface area contributed by atoms with Gasteiger partial charge in [0, 0.05) is 0 Å². The van der Waals surface area contributed by atoms with E-state index in [0.29, 0.717) is 0 Å². The number of hydrogen-bond donors (Lipinski definition) is 0. The highest BCUT2D eigenvalue weighted by molar-refractivity contribution is 4.86. The zero-order valence-electron chi connectivity index (χ0n) is 15.7. The van der Waals surface area contributed by atoms with Crippen molar-refractivity contribution in [2.75, 3.05) is 0 Å². The minimum atomic E-state index is 0.934. The maximum atomic E-state index is 2.56. The molecule has 5 unspecified atom stereocenters. The fourth-order valence-electron chi connectivity index (χ4n) is 5.55. The molecule has 2 saturated carbocycles.